The minimum absolute atomic E-state index is 0.0165. The van der Waals surface area contributed by atoms with Crippen molar-refractivity contribution >= 4 is 29.1 Å². The lowest BCUT2D eigenvalue weighted by Gasteiger charge is -2.57. The number of carbonyl (C=O) groups is 2. The summed E-state index contributed by atoms with van der Waals surface area (Å²) in [6, 6.07) is 4.69. The Hall–Kier alpha value is -1.79. The number of nitrogens with one attached hydrogen (secondary N) is 2. The van der Waals surface area contributed by atoms with Crippen LogP contribution in [-0.4, -0.2) is 49.0 Å². The maximum absolute atomic E-state index is 13.0. The van der Waals surface area contributed by atoms with E-state index in [0.717, 1.165) is 37.0 Å². The van der Waals surface area contributed by atoms with Gasteiger partial charge in [-0.25, -0.2) is 0 Å². The highest BCUT2D eigenvalue weighted by Crippen LogP contribution is 2.55. The zero-order valence-corrected chi connectivity index (χ0v) is 18.8. The highest BCUT2D eigenvalue weighted by molar-refractivity contribution is 6.31. The van der Waals surface area contributed by atoms with Gasteiger partial charge in [-0.2, -0.15) is 0 Å². The van der Waals surface area contributed by atoms with Crippen LogP contribution >= 0.6 is 11.6 Å². The van der Waals surface area contributed by atoms with Gasteiger partial charge in [0.05, 0.1) is 25.4 Å². The quantitative estimate of drug-likeness (QED) is 0.687. The van der Waals surface area contributed by atoms with Crippen LogP contribution in [0.25, 0.3) is 0 Å². The summed E-state index contributed by atoms with van der Waals surface area (Å²) in [6.45, 7) is 1.97. The monoisotopic (exact) mass is 433 g/mol. The molecule has 1 atom stereocenters. The third-order valence-corrected chi connectivity index (χ3v) is 7.53. The van der Waals surface area contributed by atoms with Crippen LogP contribution in [0.2, 0.25) is 5.02 Å². The fourth-order valence-electron chi connectivity index (χ4n) is 6.16. The minimum Gasteiger partial charge on any atom is -0.495 e. The molecule has 4 saturated carbocycles. The second-order valence-electron chi connectivity index (χ2n) is 9.67. The standard InChI is InChI=1S/C23H32ClN3O3/c1-14(22(29)26-23-10-15-6-16(11-23)8-17(7-15)12-23)27(2)13-21(28)25-19-9-18(24)4-5-20(19)30-3/h4-5,9,14-17H,6-8,10-13H2,1-3H3,(H,25,28)(H,26,29). The number of rotatable bonds is 7. The molecule has 0 aromatic heterocycles. The Labute approximate surface area is 183 Å². The topological polar surface area (TPSA) is 70.7 Å². The number of hydrogen-bond acceptors (Lipinski definition) is 4. The van der Waals surface area contributed by atoms with Crippen molar-refractivity contribution in [2.24, 2.45) is 17.8 Å². The van der Waals surface area contributed by atoms with Crippen LogP contribution in [0.1, 0.15) is 45.4 Å². The van der Waals surface area contributed by atoms with Crippen LogP contribution in [0.15, 0.2) is 18.2 Å². The molecule has 4 bridgehead atoms. The Morgan fingerprint density at radius 3 is 2.37 bits per heavy atom. The van der Waals surface area contributed by atoms with Gasteiger partial charge in [0, 0.05) is 10.6 Å². The molecule has 4 aliphatic carbocycles. The molecule has 4 aliphatic rings. The summed E-state index contributed by atoms with van der Waals surface area (Å²) in [6.07, 6.45) is 7.40. The molecular formula is C23H32ClN3O3. The largest absolute Gasteiger partial charge is 0.495 e. The van der Waals surface area contributed by atoms with E-state index in [9.17, 15) is 9.59 Å². The van der Waals surface area contributed by atoms with E-state index in [1.54, 1.807) is 37.3 Å². The Bertz CT molecular complexity index is 793. The van der Waals surface area contributed by atoms with Crippen LogP contribution in [0.5, 0.6) is 5.75 Å². The molecule has 4 fully saturated rings. The van der Waals surface area contributed by atoms with E-state index in [2.05, 4.69) is 10.6 Å². The molecule has 1 aromatic carbocycles. The van der Waals surface area contributed by atoms with Crippen molar-refractivity contribution in [1.29, 1.82) is 0 Å². The number of benzene rings is 1. The number of likely N-dealkylation sites (N-methyl/N-ethyl adjacent to an activating group) is 1. The van der Waals surface area contributed by atoms with E-state index in [-0.39, 0.29) is 29.9 Å². The van der Waals surface area contributed by atoms with Crippen LogP contribution in [0.3, 0.4) is 0 Å². The van der Waals surface area contributed by atoms with Crippen LogP contribution in [0, 0.1) is 17.8 Å². The summed E-state index contributed by atoms with van der Waals surface area (Å²) in [5.74, 6) is 2.69. The van der Waals surface area contributed by atoms with Crippen molar-refractivity contribution in [3.8, 4) is 5.75 Å². The lowest BCUT2D eigenvalue weighted by atomic mass is 9.53. The molecule has 0 radical (unpaired) electrons. The van der Waals surface area contributed by atoms with Gasteiger partial charge in [-0.1, -0.05) is 11.6 Å². The van der Waals surface area contributed by atoms with E-state index in [1.165, 1.54) is 19.3 Å². The number of halogens is 1. The minimum atomic E-state index is -0.384. The molecule has 6 nitrogen and oxygen atoms in total. The van der Waals surface area contributed by atoms with Gasteiger partial charge in [0.1, 0.15) is 5.75 Å². The summed E-state index contributed by atoms with van der Waals surface area (Å²) >= 11 is 6.03. The van der Waals surface area contributed by atoms with Crippen LogP contribution < -0.4 is 15.4 Å². The highest BCUT2D eigenvalue weighted by Gasteiger charge is 2.51. The molecule has 30 heavy (non-hydrogen) atoms. The normalized spacial score (nSPS) is 30.2. The molecule has 2 N–H and O–H groups in total. The third kappa shape index (κ3) is 4.45. The summed E-state index contributed by atoms with van der Waals surface area (Å²) in [5, 5.41) is 6.75. The van der Waals surface area contributed by atoms with Gasteiger partial charge in [0.25, 0.3) is 0 Å². The smallest absolute Gasteiger partial charge is 0.238 e. The summed E-state index contributed by atoms with van der Waals surface area (Å²) in [7, 11) is 3.35. The first-order valence-corrected chi connectivity index (χ1v) is 11.3. The first-order valence-electron chi connectivity index (χ1n) is 10.9. The molecule has 0 saturated heterocycles. The van der Waals surface area contributed by atoms with E-state index in [1.807, 2.05) is 6.92 Å². The molecular weight excluding hydrogens is 402 g/mol. The predicted octanol–water partition coefficient (Wildman–Crippen LogP) is 3.69. The Morgan fingerprint density at radius 2 is 1.80 bits per heavy atom. The molecule has 0 aliphatic heterocycles. The van der Waals surface area contributed by atoms with Gasteiger partial charge in [-0.3, -0.25) is 14.5 Å². The zero-order chi connectivity index (χ0) is 21.5. The number of anilines is 1. The lowest BCUT2D eigenvalue weighted by Crippen LogP contribution is -2.62. The number of amides is 2. The van der Waals surface area contributed by atoms with E-state index >= 15 is 0 Å². The fourth-order valence-corrected chi connectivity index (χ4v) is 6.33. The van der Waals surface area contributed by atoms with E-state index in [4.69, 9.17) is 16.3 Å². The number of ether oxygens (including phenoxy) is 1. The number of carbonyl (C=O) groups excluding carboxylic acids is 2. The predicted molar refractivity (Wildman–Crippen MR) is 118 cm³/mol. The van der Waals surface area contributed by atoms with Crippen LogP contribution in [-0.2, 0) is 9.59 Å². The van der Waals surface area contributed by atoms with Crippen molar-refractivity contribution in [3.63, 3.8) is 0 Å². The van der Waals surface area contributed by atoms with Crippen molar-refractivity contribution < 1.29 is 14.3 Å². The van der Waals surface area contributed by atoms with Gasteiger partial charge < -0.3 is 15.4 Å². The van der Waals surface area contributed by atoms with Crippen molar-refractivity contribution in [2.75, 3.05) is 26.0 Å². The summed E-state index contributed by atoms with van der Waals surface area (Å²) in [5.41, 5.74) is 0.506. The first kappa shape index (κ1) is 21.4. The maximum Gasteiger partial charge on any atom is 0.238 e. The molecule has 1 aromatic rings. The summed E-state index contributed by atoms with van der Waals surface area (Å²) < 4.78 is 5.28. The molecule has 164 valence electrons. The Kier molecular flexibility index (Phi) is 5.99. The van der Waals surface area contributed by atoms with Crippen molar-refractivity contribution in [1.82, 2.24) is 10.2 Å². The maximum atomic E-state index is 13.0. The van der Waals surface area contributed by atoms with Gasteiger partial charge >= 0.3 is 0 Å². The second kappa shape index (κ2) is 8.39. The average molecular weight is 434 g/mol. The zero-order valence-electron chi connectivity index (χ0n) is 18.0. The number of methoxy groups -OCH3 is 1. The number of nitrogens with zero attached hydrogens (tertiary/aromatic N) is 1. The Morgan fingerprint density at radius 1 is 1.20 bits per heavy atom. The Balaban J connectivity index is 1.33. The molecule has 1 unspecified atom stereocenters. The van der Waals surface area contributed by atoms with Gasteiger partial charge in [-0.15, -0.1) is 0 Å². The molecule has 0 heterocycles. The van der Waals surface area contributed by atoms with Crippen molar-refractivity contribution in [3.05, 3.63) is 23.2 Å². The highest BCUT2D eigenvalue weighted by atomic mass is 35.5. The average Bonchev–Trinajstić information content (AvgIpc) is 2.66. The SMILES string of the molecule is COc1ccc(Cl)cc1NC(=O)CN(C)C(C)C(=O)NC12CC3CC(CC(C3)C1)C2. The lowest BCUT2D eigenvalue weighted by molar-refractivity contribution is -0.131. The second-order valence-corrected chi connectivity index (χ2v) is 10.1. The van der Waals surface area contributed by atoms with Gasteiger partial charge in [0.2, 0.25) is 11.8 Å². The first-order chi connectivity index (χ1) is 14.3. The molecule has 7 heteroatoms. The van der Waals surface area contributed by atoms with E-state index < -0.39 is 0 Å². The van der Waals surface area contributed by atoms with Gasteiger partial charge in [0.15, 0.2) is 0 Å². The molecule has 2 amide bonds. The number of hydrogen-bond donors (Lipinski definition) is 2. The van der Waals surface area contributed by atoms with Crippen LogP contribution in [0.4, 0.5) is 5.69 Å². The fraction of sp³-hybridized carbons (Fsp3) is 0.652. The van der Waals surface area contributed by atoms with Crippen molar-refractivity contribution in [2.45, 2.75) is 57.0 Å². The third-order valence-electron chi connectivity index (χ3n) is 7.30. The molecule has 5 rings (SSSR count). The molecule has 0 spiro atoms. The van der Waals surface area contributed by atoms with E-state index in [0.29, 0.717) is 16.5 Å². The van der Waals surface area contributed by atoms with Gasteiger partial charge in [-0.05, 0) is 88.4 Å². The summed E-state index contributed by atoms with van der Waals surface area (Å²) in [4.78, 5) is 27.4.